The van der Waals surface area contributed by atoms with Crippen LogP contribution in [0.3, 0.4) is 0 Å². The number of nitrogens with zero attached hydrogens (tertiary/aromatic N) is 1. The van der Waals surface area contributed by atoms with Crippen molar-refractivity contribution in [1.82, 2.24) is 4.47 Å². The predicted octanol–water partition coefficient (Wildman–Crippen LogP) is 1.59. The molecule has 0 fully saturated rings. The van der Waals surface area contributed by atoms with Gasteiger partial charge in [0.1, 0.15) is 0 Å². The summed E-state index contributed by atoms with van der Waals surface area (Å²) in [5.74, 6) is -0.923. The van der Waals surface area contributed by atoms with Crippen molar-refractivity contribution in [2.75, 3.05) is 18.6 Å². The SMILES string of the molecule is CSCCN(OC(C)C(=O)O)S(=O)(=O)Cc1ccccc1. The Bertz CT molecular complexity index is 547. The predicted molar refractivity (Wildman–Crippen MR) is 82.3 cm³/mol. The average molecular weight is 333 g/mol. The Kier molecular flexibility index (Phi) is 7.16. The molecule has 0 saturated carbocycles. The first-order valence-electron chi connectivity index (χ1n) is 6.29. The van der Waals surface area contributed by atoms with E-state index in [9.17, 15) is 13.2 Å². The molecule has 0 heterocycles. The fourth-order valence-electron chi connectivity index (χ4n) is 1.50. The summed E-state index contributed by atoms with van der Waals surface area (Å²) in [6.07, 6.45) is 0.611. The molecule has 0 bridgehead atoms. The fraction of sp³-hybridized carbons (Fsp3) is 0.462. The van der Waals surface area contributed by atoms with E-state index in [1.54, 1.807) is 30.3 Å². The van der Waals surface area contributed by atoms with E-state index in [2.05, 4.69) is 0 Å². The van der Waals surface area contributed by atoms with Crippen molar-refractivity contribution in [1.29, 1.82) is 0 Å². The molecule has 1 atom stereocenters. The molecular weight excluding hydrogens is 314 g/mol. The average Bonchev–Trinajstić information content (AvgIpc) is 2.43. The van der Waals surface area contributed by atoms with Gasteiger partial charge in [-0.05, 0) is 18.7 Å². The normalized spacial score (nSPS) is 13.3. The van der Waals surface area contributed by atoms with Gasteiger partial charge in [0.2, 0.25) is 10.0 Å². The third kappa shape index (κ3) is 6.04. The number of sulfonamides is 1. The van der Waals surface area contributed by atoms with E-state index >= 15 is 0 Å². The highest BCUT2D eigenvalue weighted by Gasteiger charge is 2.27. The highest BCUT2D eigenvalue weighted by atomic mass is 32.2. The largest absolute Gasteiger partial charge is 0.479 e. The number of carbonyl (C=O) groups is 1. The first kappa shape index (κ1) is 18.0. The second kappa shape index (κ2) is 8.38. The highest BCUT2D eigenvalue weighted by Crippen LogP contribution is 2.14. The molecule has 118 valence electrons. The van der Waals surface area contributed by atoms with Crippen molar-refractivity contribution < 1.29 is 23.2 Å². The summed E-state index contributed by atoms with van der Waals surface area (Å²) in [5.41, 5.74) is 0.623. The Morgan fingerprint density at radius 1 is 1.38 bits per heavy atom. The van der Waals surface area contributed by atoms with E-state index in [-0.39, 0.29) is 12.3 Å². The van der Waals surface area contributed by atoms with Gasteiger partial charge in [0, 0.05) is 12.3 Å². The molecule has 0 radical (unpaired) electrons. The first-order chi connectivity index (χ1) is 9.86. The van der Waals surface area contributed by atoms with Crippen LogP contribution in [-0.2, 0) is 25.4 Å². The zero-order valence-electron chi connectivity index (χ0n) is 11.9. The van der Waals surface area contributed by atoms with Gasteiger partial charge >= 0.3 is 5.97 Å². The second-order valence-corrected chi connectivity index (χ2v) is 7.19. The van der Waals surface area contributed by atoms with Gasteiger partial charge in [-0.1, -0.05) is 34.8 Å². The van der Waals surface area contributed by atoms with E-state index in [0.717, 1.165) is 4.47 Å². The van der Waals surface area contributed by atoms with E-state index in [1.807, 2.05) is 6.26 Å². The lowest BCUT2D eigenvalue weighted by Gasteiger charge is -2.23. The van der Waals surface area contributed by atoms with Gasteiger partial charge in [0.15, 0.2) is 6.10 Å². The Morgan fingerprint density at radius 3 is 2.52 bits per heavy atom. The van der Waals surface area contributed by atoms with Gasteiger partial charge in [-0.3, -0.25) is 4.84 Å². The van der Waals surface area contributed by atoms with E-state index in [4.69, 9.17) is 9.94 Å². The summed E-state index contributed by atoms with van der Waals surface area (Å²) in [4.78, 5) is 15.9. The first-order valence-corrected chi connectivity index (χ1v) is 9.30. The number of aliphatic carboxylic acids is 1. The molecule has 6 nitrogen and oxygen atoms in total. The summed E-state index contributed by atoms with van der Waals surface area (Å²) in [6, 6.07) is 8.69. The third-order valence-electron chi connectivity index (χ3n) is 2.60. The highest BCUT2D eigenvalue weighted by molar-refractivity contribution is 7.98. The number of rotatable bonds is 9. The number of carboxylic acids is 1. The van der Waals surface area contributed by atoms with Crippen LogP contribution in [0.1, 0.15) is 12.5 Å². The molecule has 0 aliphatic heterocycles. The van der Waals surface area contributed by atoms with E-state index in [1.165, 1.54) is 18.7 Å². The fourth-order valence-corrected chi connectivity index (χ4v) is 3.35. The van der Waals surface area contributed by atoms with Crippen LogP contribution in [0, 0.1) is 0 Å². The summed E-state index contributed by atoms with van der Waals surface area (Å²) in [6.45, 7) is 1.40. The molecule has 1 aromatic carbocycles. The number of hydrogen-bond donors (Lipinski definition) is 1. The summed E-state index contributed by atoms with van der Waals surface area (Å²) in [7, 11) is -3.74. The molecular formula is C13H19NO5S2. The van der Waals surface area contributed by atoms with Crippen LogP contribution >= 0.6 is 11.8 Å². The number of hydroxylamine groups is 1. The standard InChI is InChI=1S/C13H19NO5S2/c1-11(13(15)16)19-14(8-9-20-2)21(17,18)10-12-6-4-3-5-7-12/h3-7,11H,8-10H2,1-2H3,(H,15,16). The molecule has 1 rings (SSSR count). The monoisotopic (exact) mass is 333 g/mol. The lowest BCUT2D eigenvalue weighted by Crippen LogP contribution is -2.39. The van der Waals surface area contributed by atoms with Crippen LogP contribution in [0.15, 0.2) is 30.3 Å². The molecule has 21 heavy (non-hydrogen) atoms. The smallest absolute Gasteiger partial charge is 0.334 e. The molecule has 0 amide bonds. The Hall–Kier alpha value is -1.09. The molecule has 0 saturated heterocycles. The Balaban J connectivity index is 2.86. The van der Waals surface area contributed by atoms with Crippen molar-refractivity contribution >= 4 is 27.8 Å². The Labute approximate surface area is 129 Å². The van der Waals surface area contributed by atoms with Gasteiger partial charge in [-0.2, -0.15) is 11.8 Å². The third-order valence-corrected chi connectivity index (χ3v) is 4.78. The maximum Gasteiger partial charge on any atom is 0.334 e. The van der Waals surface area contributed by atoms with Gasteiger partial charge in [0.25, 0.3) is 0 Å². The summed E-state index contributed by atoms with van der Waals surface area (Å²) >= 11 is 1.45. The van der Waals surface area contributed by atoms with Gasteiger partial charge in [-0.15, -0.1) is 0 Å². The molecule has 1 N–H and O–H groups in total. The van der Waals surface area contributed by atoms with Crippen molar-refractivity contribution in [2.24, 2.45) is 0 Å². The zero-order chi connectivity index (χ0) is 15.9. The van der Waals surface area contributed by atoms with Gasteiger partial charge in [0.05, 0.1) is 5.75 Å². The number of benzene rings is 1. The molecule has 0 spiro atoms. The van der Waals surface area contributed by atoms with Crippen LogP contribution in [-0.4, -0.2) is 48.6 Å². The summed E-state index contributed by atoms with van der Waals surface area (Å²) in [5, 5.41) is 8.86. The minimum atomic E-state index is -3.74. The lowest BCUT2D eigenvalue weighted by atomic mass is 10.2. The second-order valence-electron chi connectivity index (χ2n) is 4.35. The number of carboxylic acid groups (broad SMARTS) is 1. The van der Waals surface area contributed by atoms with Crippen LogP contribution in [0.25, 0.3) is 0 Å². The topological polar surface area (TPSA) is 83.9 Å². The molecule has 0 aliphatic rings. The molecule has 0 aromatic heterocycles. The Morgan fingerprint density at radius 2 is 2.00 bits per heavy atom. The molecule has 1 aromatic rings. The molecule has 1 unspecified atom stereocenters. The van der Waals surface area contributed by atoms with Gasteiger partial charge < -0.3 is 5.11 Å². The van der Waals surface area contributed by atoms with Gasteiger partial charge in [-0.25, -0.2) is 13.2 Å². The zero-order valence-corrected chi connectivity index (χ0v) is 13.6. The maximum absolute atomic E-state index is 12.4. The summed E-state index contributed by atoms with van der Waals surface area (Å²) < 4.78 is 25.5. The number of hydrogen-bond acceptors (Lipinski definition) is 5. The van der Waals surface area contributed by atoms with Crippen LogP contribution in [0.4, 0.5) is 0 Å². The minimum Gasteiger partial charge on any atom is -0.479 e. The molecule has 0 aliphatic carbocycles. The van der Waals surface area contributed by atoms with Crippen molar-refractivity contribution in [3.05, 3.63) is 35.9 Å². The van der Waals surface area contributed by atoms with Crippen molar-refractivity contribution in [3.63, 3.8) is 0 Å². The van der Waals surface area contributed by atoms with Crippen molar-refractivity contribution in [3.8, 4) is 0 Å². The maximum atomic E-state index is 12.4. The lowest BCUT2D eigenvalue weighted by molar-refractivity contribution is -0.172. The van der Waals surface area contributed by atoms with Crippen LogP contribution < -0.4 is 0 Å². The van der Waals surface area contributed by atoms with Crippen molar-refractivity contribution in [2.45, 2.75) is 18.8 Å². The molecule has 8 heteroatoms. The van der Waals surface area contributed by atoms with Crippen LogP contribution in [0.2, 0.25) is 0 Å². The minimum absolute atomic E-state index is 0.105. The quantitative estimate of drug-likeness (QED) is 0.691. The number of thioether (sulfide) groups is 1. The van der Waals surface area contributed by atoms with Crippen LogP contribution in [0.5, 0.6) is 0 Å². The van der Waals surface area contributed by atoms with E-state index < -0.39 is 22.1 Å². The van der Waals surface area contributed by atoms with E-state index in [0.29, 0.717) is 11.3 Å².